The van der Waals surface area contributed by atoms with Crippen molar-refractivity contribution in [2.45, 2.75) is 13.8 Å². The summed E-state index contributed by atoms with van der Waals surface area (Å²) in [4.78, 5) is 17.3. The van der Waals surface area contributed by atoms with Gasteiger partial charge in [0, 0.05) is 18.0 Å². The van der Waals surface area contributed by atoms with Gasteiger partial charge in [0.05, 0.1) is 11.3 Å². The van der Waals surface area contributed by atoms with Crippen LogP contribution in [0.1, 0.15) is 21.5 Å². The molecule has 2 heterocycles. The molecule has 2 aromatic carbocycles. The highest BCUT2D eigenvalue weighted by atomic mass is 16.1. The molecule has 5 heteroatoms. The maximum atomic E-state index is 13.0. The van der Waals surface area contributed by atoms with Gasteiger partial charge in [-0.3, -0.25) is 4.79 Å². The highest BCUT2D eigenvalue weighted by molar-refractivity contribution is 6.07. The number of carbonyl (C=O) groups excluding carboxylic acids is 1. The summed E-state index contributed by atoms with van der Waals surface area (Å²) in [6.45, 7) is 3.97. The first-order valence-corrected chi connectivity index (χ1v) is 9.07. The van der Waals surface area contributed by atoms with E-state index in [-0.39, 0.29) is 5.91 Å². The predicted octanol–water partition coefficient (Wildman–Crippen LogP) is 4.80. The molecule has 0 aliphatic heterocycles. The van der Waals surface area contributed by atoms with E-state index in [9.17, 15) is 4.79 Å². The molecule has 2 aromatic heterocycles. The zero-order valence-electron chi connectivity index (χ0n) is 15.8. The molecule has 4 aromatic rings. The minimum absolute atomic E-state index is 0.239. The number of aromatic nitrogens is 3. The number of anilines is 1. The summed E-state index contributed by atoms with van der Waals surface area (Å²) in [7, 11) is 0. The summed E-state index contributed by atoms with van der Waals surface area (Å²) in [5.41, 5.74) is 5.06. The Hall–Kier alpha value is -3.73. The Bertz CT molecular complexity index is 1120. The second-order valence-electron chi connectivity index (χ2n) is 6.66. The van der Waals surface area contributed by atoms with E-state index in [1.165, 1.54) is 0 Å². The number of pyridine rings is 1. The molecule has 28 heavy (non-hydrogen) atoms. The molecule has 138 valence electrons. The van der Waals surface area contributed by atoms with Gasteiger partial charge < -0.3 is 5.32 Å². The number of hydrogen-bond donors (Lipinski definition) is 1. The number of para-hydroxylation sites is 1. The van der Waals surface area contributed by atoms with Gasteiger partial charge in [-0.15, -0.1) is 0 Å². The van der Waals surface area contributed by atoms with Crippen molar-refractivity contribution in [2.24, 2.45) is 0 Å². The van der Waals surface area contributed by atoms with E-state index in [1.807, 2.05) is 74.5 Å². The molecule has 0 saturated heterocycles. The zero-order chi connectivity index (χ0) is 19.5. The SMILES string of the molecule is Cc1ccc(NC(=O)c2cn(-c3ccccc3)nc2-c2ccccc2C)nc1. The molecule has 0 aliphatic rings. The molecule has 0 aliphatic carbocycles. The van der Waals surface area contributed by atoms with Gasteiger partial charge >= 0.3 is 0 Å². The summed E-state index contributed by atoms with van der Waals surface area (Å²) in [5.74, 6) is 0.274. The number of rotatable bonds is 4. The van der Waals surface area contributed by atoms with Crippen LogP contribution in [0.2, 0.25) is 0 Å². The van der Waals surface area contributed by atoms with Crippen molar-refractivity contribution in [3.05, 3.63) is 95.8 Å². The summed E-state index contributed by atoms with van der Waals surface area (Å²) in [6, 6.07) is 21.4. The monoisotopic (exact) mass is 368 g/mol. The van der Waals surface area contributed by atoms with Crippen LogP contribution in [-0.4, -0.2) is 20.7 Å². The average molecular weight is 368 g/mol. The van der Waals surface area contributed by atoms with Gasteiger partial charge in [0.2, 0.25) is 0 Å². The van der Waals surface area contributed by atoms with E-state index < -0.39 is 0 Å². The maximum absolute atomic E-state index is 13.0. The van der Waals surface area contributed by atoms with Crippen LogP contribution >= 0.6 is 0 Å². The Morgan fingerprint density at radius 1 is 0.929 bits per heavy atom. The van der Waals surface area contributed by atoms with Crippen molar-refractivity contribution in [1.82, 2.24) is 14.8 Å². The van der Waals surface area contributed by atoms with Gasteiger partial charge in [0.25, 0.3) is 5.91 Å². The molecular weight excluding hydrogens is 348 g/mol. The second kappa shape index (κ2) is 7.48. The summed E-state index contributed by atoms with van der Waals surface area (Å²) in [6.07, 6.45) is 3.49. The normalized spacial score (nSPS) is 10.6. The molecule has 0 saturated carbocycles. The number of benzene rings is 2. The van der Waals surface area contributed by atoms with Crippen molar-refractivity contribution in [1.29, 1.82) is 0 Å². The molecule has 0 spiro atoms. The summed E-state index contributed by atoms with van der Waals surface area (Å²) < 4.78 is 1.74. The lowest BCUT2D eigenvalue weighted by molar-refractivity contribution is 0.102. The van der Waals surface area contributed by atoms with E-state index in [0.717, 1.165) is 22.4 Å². The Kier molecular flexibility index (Phi) is 4.72. The van der Waals surface area contributed by atoms with Crippen molar-refractivity contribution >= 4 is 11.7 Å². The van der Waals surface area contributed by atoms with Crippen LogP contribution in [0.4, 0.5) is 5.82 Å². The fourth-order valence-corrected chi connectivity index (χ4v) is 3.02. The summed E-state index contributed by atoms with van der Waals surface area (Å²) in [5, 5.41) is 7.60. The number of amides is 1. The highest BCUT2D eigenvalue weighted by Gasteiger charge is 2.20. The third-order valence-electron chi connectivity index (χ3n) is 4.53. The lowest BCUT2D eigenvalue weighted by Gasteiger charge is -2.06. The second-order valence-corrected chi connectivity index (χ2v) is 6.66. The van der Waals surface area contributed by atoms with Crippen LogP contribution in [0.5, 0.6) is 0 Å². The van der Waals surface area contributed by atoms with Crippen molar-refractivity contribution in [2.75, 3.05) is 5.32 Å². The van der Waals surface area contributed by atoms with E-state index in [0.29, 0.717) is 17.1 Å². The zero-order valence-corrected chi connectivity index (χ0v) is 15.8. The van der Waals surface area contributed by atoms with Gasteiger partial charge in [-0.05, 0) is 43.2 Å². The topological polar surface area (TPSA) is 59.8 Å². The third-order valence-corrected chi connectivity index (χ3v) is 4.53. The van der Waals surface area contributed by atoms with E-state index in [1.54, 1.807) is 23.1 Å². The average Bonchev–Trinajstić information content (AvgIpc) is 3.16. The van der Waals surface area contributed by atoms with Crippen LogP contribution in [0, 0.1) is 13.8 Å². The predicted molar refractivity (Wildman–Crippen MR) is 111 cm³/mol. The first-order chi connectivity index (χ1) is 13.6. The Morgan fingerprint density at radius 3 is 2.39 bits per heavy atom. The largest absolute Gasteiger partial charge is 0.306 e. The van der Waals surface area contributed by atoms with Gasteiger partial charge in [-0.1, -0.05) is 48.5 Å². The minimum Gasteiger partial charge on any atom is -0.306 e. The molecular formula is C23H20N4O. The number of aryl methyl sites for hydroxylation is 2. The van der Waals surface area contributed by atoms with E-state index >= 15 is 0 Å². The van der Waals surface area contributed by atoms with Crippen LogP contribution in [0.25, 0.3) is 16.9 Å². The molecule has 1 N–H and O–H groups in total. The summed E-state index contributed by atoms with van der Waals surface area (Å²) >= 11 is 0. The lowest BCUT2D eigenvalue weighted by Crippen LogP contribution is -2.13. The van der Waals surface area contributed by atoms with Crippen molar-refractivity contribution in [3.63, 3.8) is 0 Å². The Morgan fingerprint density at radius 2 is 1.68 bits per heavy atom. The molecule has 0 fully saturated rings. The number of carbonyl (C=O) groups is 1. The maximum Gasteiger partial charge on any atom is 0.260 e. The van der Waals surface area contributed by atoms with E-state index in [2.05, 4.69) is 10.3 Å². The van der Waals surface area contributed by atoms with Crippen molar-refractivity contribution < 1.29 is 4.79 Å². The quantitative estimate of drug-likeness (QED) is 0.563. The molecule has 5 nitrogen and oxygen atoms in total. The highest BCUT2D eigenvalue weighted by Crippen LogP contribution is 2.27. The molecule has 0 bridgehead atoms. The Labute approximate surface area is 163 Å². The Balaban J connectivity index is 1.78. The third kappa shape index (κ3) is 3.55. The fourth-order valence-electron chi connectivity index (χ4n) is 3.02. The lowest BCUT2D eigenvalue weighted by atomic mass is 10.0. The van der Waals surface area contributed by atoms with Gasteiger partial charge in [-0.2, -0.15) is 5.10 Å². The molecule has 0 unspecified atom stereocenters. The molecule has 4 rings (SSSR count). The fraction of sp³-hybridized carbons (Fsp3) is 0.0870. The first kappa shape index (κ1) is 17.7. The van der Waals surface area contributed by atoms with Crippen LogP contribution in [-0.2, 0) is 0 Å². The van der Waals surface area contributed by atoms with E-state index in [4.69, 9.17) is 5.10 Å². The van der Waals surface area contributed by atoms with Crippen LogP contribution in [0.15, 0.2) is 79.1 Å². The molecule has 1 amide bonds. The molecule has 0 atom stereocenters. The number of nitrogens with zero attached hydrogens (tertiary/aromatic N) is 3. The van der Waals surface area contributed by atoms with Crippen LogP contribution in [0.3, 0.4) is 0 Å². The van der Waals surface area contributed by atoms with Gasteiger partial charge in [0.1, 0.15) is 11.5 Å². The van der Waals surface area contributed by atoms with Crippen LogP contribution < -0.4 is 5.32 Å². The van der Waals surface area contributed by atoms with Gasteiger partial charge in [0.15, 0.2) is 0 Å². The first-order valence-electron chi connectivity index (χ1n) is 9.07. The molecule has 0 radical (unpaired) electrons. The van der Waals surface area contributed by atoms with Crippen molar-refractivity contribution in [3.8, 4) is 16.9 Å². The number of hydrogen-bond acceptors (Lipinski definition) is 3. The standard InChI is InChI=1S/C23H20N4O/c1-16-12-13-21(24-14-16)25-23(28)20-15-27(18-9-4-3-5-10-18)26-22(20)19-11-7-6-8-17(19)2/h3-15H,1-2H3,(H,24,25,28). The van der Waals surface area contributed by atoms with Gasteiger partial charge in [-0.25, -0.2) is 9.67 Å². The minimum atomic E-state index is -0.239. The smallest absolute Gasteiger partial charge is 0.260 e. The number of nitrogens with one attached hydrogen (secondary N) is 1.